The van der Waals surface area contributed by atoms with Crippen LogP contribution in [0.1, 0.15) is 18.7 Å². The zero-order valence-electron chi connectivity index (χ0n) is 11.4. The summed E-state index contributed by atoms with van der Waals surface area (Å²) in [6.07, 6.45) is 2.06. The summed E-state index contributed by atoms with van der Waals surface area (Å²) in [5, 5.41) is 3.40. The van der Waals surface area contributed by atoms with Gasteiger partial charge in [-0.05, 0) is 28.8 Å². The minimum atomic E-state index is -0.208. The van der Waals surface area contributed by atoms with Crippen molar-refractivity contribution in [2.45, 2.75) is 13.1 Å². The third-order valence-corrected chi connectivity index (χ3v) is 3.53. The Balaban J connectivity index is 1.81. The Morgan fingerprint density at radius 3 is 2.15 bits per heavy atom. The normalized spacial score (nSPS) is 21.9. The van der Waals surface area contributed by atoms with Crippen molar-refractivity contribution in [2.75, 3.05) is 6.54 Å². The van der Waals surface area contributed by atoms with Crippen LogP contribution in [0, 0.1) is 11.7 Å². The first-order chi connectivity index (χ1) is 9.72. The Morgan fingerprint density at radius 1 is 1.00 bits per heavy atom. The molecule has 0 saturated heterocycles. The molecule has 0 bridgehead atoms. The largest absolute Gasteiger partial charge is 0.291 e. The number of benzene rings is 2. The lowest BCUT2D eigenvalue weighted by Gasteiger charge is -2.22. The van der Waals surface area contributed by atoms with Gasteiger partial charge in [-0.2, -0.15) is 0 Å². The quantitative estimate of drug-likeness (QED) is 0.880. The highest BCUT2D eigenvalue weighted by Crippen LogP contribution is 2.23. The Hall–Kier alpha value is -2.00. The van der Waals surface area contributed by atoms with Crippen molar-refractivity contribution in [3.8, 4) is 11.1 Å². The van der Waals surface area contributed by atoms with E-state index in [4.69, 9.17) is 0 Å². The van der Waals surface area contributed by atoms with Gasteiger partial charge in [0.25, 0.3) is 0 Å². The number of hydrogen-bond acceptors (Lipinski definition) is 2. The maximum Gasteiger partial charge on any atom is 0.125 e. The van der Waals surface area contributed by atoms with E-state index in [9.17, 15) is 4.39 Å². The van der Waals surface area contributed by atoms with Gasteiger partial charge in [-0.15, -0.1) is 0 Å². The van der Waals surface area contributed by atoms with Crippen molar-refractivity contribution in [3.63, 3.8) is 0 Å². The predicted molar refractivity (Wildman–Crippen MR) is 80.2 cm³/mol. The summed E-state index contributed by atoms with van der Waals surface area (Å²) in [5.41, 5.74) is 3.26. The van der Waals surface area contributed by atoms with E-state index in [2.05, 4.69) is 41.5 Å². The van der Waals surface area contributed by atoms with E-state index in [0.717, 1.165) is 23.2 Å². The molecule has 2 aromatic carbocycles. The van der Waals surface area contributed by atoms with Gasteiger partial charge in [-0.25, -0.2) is 4.39 Å². The Morgan fingerprint density at radius 2 is 1.60 bits per heavy atom. The third kappa shape index (κ3) is 2.78. The molecule has 20 heavy (non-hydrogen) atoms. The van der Waals surface area contributed by atoms with Crippen LogP contribution in [0.2, 0.25) is 0 Å². The third-order valence-electron chi connectivity index (χ3n) is 3.53. The van der Waals surface area contributed by atoms with E-state index < -0.39 is 0 Å². The van der Waals surface area contributed by atoms with Crippen molar-refractivity contribution in [1.82, 2.24) is 5.32 Å². The summed E-state index contributed by atoms with van der Waals surface area (Å²) in [6.45, 7) is 3.10. The molecular formula is C17H17FN2. The van der Waals surface area contributed by atoms with Gasteiger partial charge in [0.1, 0.15) is 12.0 Å². The first kappa shape index (κ1) is 13.0. The van der Waals surface area contributed by atoms with Crippen molar-refractivity contribution in [3.05, 3.63) is 59.9 Å². The molecule has 102 valence electrons. The van der Waals surface area contributed by atoms with Crippen LogP contribution in [0.25, 0.3) is 11.1 Å². The van der Waals surface area contributed by atoms with Crippen molar-refractivity contribution < 1.29 is 4.39 Å². The second-order valence-corrected chi connectivity index (χ2v) is 5.22. The molecule has 2 atom stereocenters. The summed E-state index contributed by atoms with van der Waals surface area (Å²) in [5.74, 6) is 0.282. The average molecular weight is 268 g/mol. The number of nitrogens with one attached hydrogen (secondary N) is 1. The second-order valence-electron chi connectivity index (χ2n) is 5.22. The van der Waals surface area contributed by atoms with Crippen LogP contribution >= 0.6 is 0 Å². The fourth-order valence-corrected chi connectivity index (χ4v) is 2.34. The summed E-state index contributed by atoms with van der Waals surface area (Å²) in [7, 11) is 0. The predicted octanol–water partition coefficient (Wildman–Crippen LogP) is 3.80. The lowest BCUT2D eigenvalue weighted by atomic mass is 10.0. The average Bonchev–Trinajstić information content (AvgIpc) is 2.49. The van der Waals surface area contributed by atoms with E-state index in [1.807, 2.05) is 6.21 Å². The van der Waals surface area contributed by atoms with Gasteiger partial charge in [-0.3, -0.25) is 10.3 Å². The van der Waals surface area contributed by atoms with Gasteiger partial charge >= 0.3 is 0 Å². The fraction of sp³-hybridized carbons (Fsp3) is 0.235. The lowest BCUT2D eigenvalue weighted by Crippen LogP contribution is -2.30. The molecule has 2 unspecified atom stereocenters. The van der Waals surface area contributed by atoms with Crippen LogP contribution in [0.15, 0.2) is 53.5 Å². The number of rotatable bonds is 2. The molecule has 0 amide bonds. The van der Waals surface area contributed by atoms with E-state index >= 15 is 0 Å². The summed E-state index contributed by atoms with van der Waals surface area (Å²) in [4.78, 5) is 4.51. The standard InChI is InChI=1S/C17H17FN2/c1-12-10-19-17(20-11-12)15-4-2-13(3-5-15)14-6-8-16(18)9-7-14/h2-10,12,17,20H,11H2,1H3. The van der Waals surface area contributed by atoms with E-state index in [0.29, 0.717) is 5.92 Å². The maximum atomic E-state index is 12.9. The van der Waals surface area contributed by atoms with Gasteiger partial charge in [0.2, 0.25) is 0 Å². The highest BCUT2D eigenvalue weighted by molar-refractivity contribution is 5.64. The molecule has 0 radical (unpaired) electrons. The minimum Gasteiger partial charge on any atom is -0.291 e. The van der Waals surface area contributed by atoms with Crippen LogP contribution in [0.5, 0.6) is 0 Å². The molecule has 2 nitrogen and oxygen atoms in total. The van der Waals surface area contributed by atoms with Gasteiger partial charge in [0, 0.05) is 18.7 Å². The molecule has 0 aromatic heterocycles. The Bertz CT molecular complexity index is 602. The molecule has 1 N–H and O–H groups in total. The number of aliphatic imine (C=N–C) groups is 1. The molecule has 1 aliphatic heterocycles. The zero-order chi connectivity index (χ0) is 13.9. The van der Waals surface area contributed by atoms with Crippen LogP contribution in [0.3, 0.4) is 0 Å². The first-order valence-corrected chi connectivity index (χ1v) is 6.85. The van der Waals surface area contributed by atoms with Crippen molar-refractivity contribution in [1.29, 1.82) is 0 Å². The number of nitrogens with zero attached hydrogens (tertiary/aromatic N) is 1. The molecule has 0 aliphatic carbocycles. The van der Waals surface area contributed by atoms with Crippen LogP contribution < -0.4 is 5.32 Å². The zero-order valence-corrected chi connectivity index (χ0v) is 11.4. The molecular weight excluding hydrogens is 251 g/mol. The fourth-order valence-electron chi connectivity index (χ4n) is 2.34. The van der Waals surface area contributed by atoms with E-state index in [-0.39, 0.29) is 12.0 Å². The SMILES string of the molecule is CC1C=NC(c2ccc(-c3ccc(F)cc3)cc2)NC1. The van der Waals surface area contributed by atoms with Gasteiger partial charge in [-0.1, -0.05) is 43.3 Å². The summed E-state index contributed by atoms with van der Waals surface area (Å²) < 4.78 is 12.9. The van der Waals surface area contributed by atoms with Crippen molar-refractivity contribution in [2.24, 2.45) is 10.9 Å². The molecule has 1 aliphatic rings. The highest BCUT2D eigenvalue weighted by Gasteiger charge is 2.14. The molecule has 0 spiro atoms. The molecule has 0 fully saturated rings. The highest BCUT2D eigenvalue weighted by atomic mass is 19.1. The summed E-state index contributed by atoms with van der Waals surface area (Å²) >= 11 is 0. The Kier molecular flexibility index (Phi) is 3.61. The first-order valence-electron chi connectivity index (χ1n) is 6.85. The van der Waals surface area contributed by atoms with E-state index in [1.165, 1.54) is 12.1 Å². The number of hydrogen-bond donors (Lipinski definition) is 1. The smallest absolute Gasteiger partial charge is 0.125 e. The molecule has 1 heterocycles. The molecule has 3 rings (SSSR count). The topological polar surface area (TPSA) is 24.4 Å². The second kappa shape index (κ2) is 5.55. The minimum absolute atomic E-state index is 0.0495. The van der Waals surface area contributed by atoms with Crippen molar-refractivity contribution >= 4 is 6.21 Å². The molecule has 3 heteroatoms. The molecule has 0 saturated carbocycles. The van der Waals surface area contributed by atoms with Crippen LogP contribution in [0.4, 0.5) is 4.39 Å². The van der Waals surface area contributed by atoms with Gasteiger partial charge < -0.3 is 0 Å². The monoisotopic (exact) mass is 268 g/mol. The number of halogens is 1. The molecule has 2 aromatic rings. The van der Waals surface area contributed by atoms with Gasteiger partial charge in [0.05, 0.1) is 0 Å². The lowest BCUT2D eigenvalue weighted by molar-refractivity contribution is 0.496. The Labute approximate surface area is 118 Å². The van der Waals surface area contributed by atoms with Crippen LogP contribution in [-0.2, 0) is 0 Å². The summed E-state index contributed by atoms with van der Waals surface area (Å²) in [6, 6.07) is 14.8. The van der Waals surface area contributed by atoms with Crippen LogP contribution in [-0.4, -0.2) is 12.8 Å². The van der Waals surface area contributed by atoms with E-state index in [1.54, 1.807) is 12.1 Å². The van der Waals surface area contributed by atoms with Gasteiger partial charge in [0.15, 0.2) is 0 Å². The maximum absolute atomic E-state index is 12.9.